The second kappa shape index (κ2) is 6.09. The maximum atomic E-state index is 4.14. The van der Waals surface area contributed by atoms with Crippen molar-refractivity contribution in [2.45, 2.75) is 20.0 Å². The van der Waals surface area contributed by atoms with Gasteiger partial charge in [-0.25, -0.2) is 0 Å². The van der Waals surface area contributed by atoms with Crippen molar-refractivity contribution >= 4 is 43.2 Å². The van der Waals surface area contributed by atoms with Gasteiger partial charge in [-0.3, -0.25) is 4.98 Å². The fourth-order valence-electron chi connectivity index (χ4n) is 1.48. The molecule has 2 nitrogen and oxygen atoms in total. The molecule has 2 rings (SSSR count). The number of halogens is 2. The van der Waals surface area contributed by atoms with Gasteiger partial charge >= 0.3 is 0 Å². The van der Waals surface area contributed by atoms with Crippen molar-refractivity contribution < 1.29 is 0 Å². The minimum atomic E-state index is 0.854. The smallest absolute Gasteiger partial charge is 0.0843 e. The summed E-state index contributed by atoms with van der Waals surface area (Å²) in [6, 6.07) is 4.17. The first-order valence-electron chi connectivity index (χ1n) is 5.20. The first kappa shape index (κ1) is 13.2. The number of hydrogen-bond donors (Lipinski definition) is 1. The van der Waals surface area contributed by atoms with E-state index in [0.29, 0.717) is 0 Å². The van der Waals surface area contributed by atoms with E-state index < -0.39 is 0 Å². The van der Waals surface area contributed by atoms with Crippen LogP contribution in [0.1, 0.15) is 16.0 Å². The second-order valence-corrected chi connectivity index (χ2v) is 7.05. The topological polar surface area (TPSA) is 24.9 Å². The predicted molar refractivity (Wildman–Crippen MR) is 79.2 cm³/mol. The Bertz CT molecular complexity index is 491. The van der Waals surface area contributed by atoms with Crippen LogP contribution >= 0.6 is 43.2 Å². The van der Waals surface area contributed by atoms with Gasteiger partial charge < -0.3 is 5.32 Å². The Hall–Kier alpha value is -0.230. The minimum Gasteiger partial charge on any atom is -0.308 e. The highest BCUT2D eigenvalue weighted by Gasteiger charge is 2.04. The number of pyridine rings is 1. The van der Waals surface area contributed by atoms with E-state index in [1.807, 2.05) is 18.5 Å². The van der Waals surface area contributed by atoms with E-state index in [0.717, 1.165) is 21.3 Å². The lowest BCUT2D eigenvalue weighted by atomic mass is 10.1. The molecule has 5 heteroatoms. The molecular formula is C12H12Br2N2S. The Balaban J connectivity index is 1.90. The number of thiophene rings is 1. The molecule has 0 atom stereocenters. The van der Waals surface area contributed by atoms with Crippen LogP contribution in [0.3, 0.4) is 0 Å². The summed E-state index contributed by atoms with van der Waals surface area (Å²) in [5.41, 5.74) is 2.53. The van der Waals surface area contributed by atoms with E-state index in [-0.39, 0.29) is 0 Å². The zero-order chi connectivity index (χ0) is 12.3. The summed E-state index contributed by atoms with van der Waals surface area (Å²) in [6.45, 7) is 3.84. The lowest BCUT2D eigenvalue weighted by molar-refractivity contribution is 0.695. The minimum absolute atomic E-state index is 0.854. The number of aromatic nitrogens is 1. The Morgan fingerprint density at radius 1 is 1.35 bits per heavy atom. The average Bonchev–Trinajstić information content (AvgIpc) is 2.61. The molecule has 0 saturated heterocycles. The fourth-order valence-corrected chi connectivity index (χ4v) is 3.63. The molecule has 0 aliphatic heterocycles. The second-order valence-electron chi connectivity index (χ2n) is 3.74. The molecular weight excluding hydrogens is 364 g/mol. The highest BCUT2D eigenvalue weighted by atomic mass is 79.9. The zero-order valence-corrected chi connectivity index (χ0v) is 13.3. The number of nitrogens with one attached hydrogen (secondary N) is 1. The first-order chi connectivity index (χ1) is 8.16. The predicted octanol–water partition coefficient (Wildman–Crippen LogP) is 4.27. The maximum absolute atomic E-state index is 4.14. The van der Waals surface area contributed by atoms with E-state index in [9.17, 15) is 0 Å². The largest absolute Gasteiger partial charge is 0.308 e. The molecule has 1 N–H and O–H groups in total. The molecule has 2 aromatic rings. The molecule has 0 radical (unpaired) electrons. The number of rotatable bonds is 4. The van der Waals surface area contributed by atoms with Gasteiger partial charge in [-0.2, -0.15) is 0 Å². The third-order valence-corrected chi connectivity index (χ3v) is 5.71. The van der Waals surface area contributed by atoms with Gasteiger partial charge in [0.1, 0.15) is 0 Å². The molecule has 0 aliphatic rings. The summed E-state index contributed by atoms with van der Waals surface area (Å²) >= 11 is 8.73. The molecule has 0 aliphatic carbocycles. The van der Waals surface area contributed by atoms with Crippen LogP contribution in [-0.2, 0) is 13.1 Å². The van der Waals surface area contributed by atoms with Crippen molar-refractivity contribution in [3.8, 4) is 0 Å². The van der Waals surface area contributed by atoms with Gasteiger partial charge in [-0.15, -0.1) is 11.3 Å². The molecule has 90 valence electrons. The number of nitrogens with zero attached hydrogens (tertiary/aromatic N) is 1. The lowest BCUT2D eigenvalue weighted by Crippen LogP contribution is -2.12. The summed E-state index contributed by atoms with van der Waals surface area (Å²) < 4.78 is 2.27. The highest BCUT2D eigenvalue weighted by molar-refractivity contribution is 9.13. The first-order valence-corrected chi connectivity index (χ1v) is 7.61. The molecule has 2 heterocycles. The summed E-state index contributed by atoms with van der Waals surface area (Å²) in [5.74, 6) is 0. The highest BCUT2D eigenvalue weighted by Crippen LogP contribution is 2.32. The van der Waals surface area contributed by atoms with Crippen molar-refractivity contribution in [2.75, 3.05) is 0 Å². The van der Waals surface area contributed by atoms with Crippen molar-refractivity contribution in [1.82, 2.24) is 10.3 Å². The van der Waals surface area contributed by atoms with E-state index in [2.05, 4.69) is 55.2 Å². The van der Waals surface area contributed by atoms with Crippen molar-refractivity contribution in [1.29, 1.82) is 0 Å². The van der Waals surface area contributed by atoms with Crippen LogP contribution in [0.4, 0.5) is 0 Å². The number of hydrogen-bond acceptors (Lipinski definition) is 3. The summed E-state index contributed by atoms with van der Waals surface area (Å²) in [4.78, 5) is 5.45. The molecule has 0 amide bonds. The van der Waals surface area contributed by atoms with Crippen molar-refractivity contribution in [3.05, 3.63) is 48.8 Å². The van der Waals surface area contributed by atoms with E-state index in [1.54, 1.807) is 11.3 Å². The average molecular weight is 376 g/mol. The van der Waals surface area contributed by atoms with Gasteiger partial charge in [0.2, 0.25) is 0 Å². The fraction of sp³-hybridized carbons (Fsp3) is 0.250. The van der Waals surface area contributed by atoms with Gasteiger partial charge in [0, 0.05) is 34.8 Å². The molecule has 17 heavy (non-hydrogen) atoms. The monoisotopic (exact) mass is 374 g/mol. The third kappa shape index (κ3) is 3.61. The van der Waals surface area contributed by atoms with Crippen LogP contribution < -0.4 is 5.32 Å². The van der Waals surface area contributed by atoms with Gasteiger partial charge in [0.05, 0.1) is 3.79 Å². The van der Waals surface area contributed by atoms with E-state index >= 15 is 0 Å². The van der Waals surface area contributed by atoms with Gasteiger partial charge in [-0.1, -0.05) is 0 Å². The summed E-state index contributed by atoms with van der Waals surface area (Å²) in [5, 5.41) is 3.43. The Kier molecular flexibility index (Phi) is 4.73. The third-order valence-electron chi connectivity index (χ3n) is 2.46. The van der Waals surface area contributed by atoms with Crippen molar-refractivity contribution in [3.63, 3.8) is 0 Å². The molecule has 0 fully saturated rings. The molecule has 0 unspecified atom stereocenters. The van der Waals surface area contributed by atoms with Crippen LogP contribution in [0.2, 0.25) is 0 Å². The van der Waals surface area contributed by atoms with Gasteiger partial charge in [-0.05, 0) is 62.0 Å². The number of aryl methyl sites for hydroxylation is 1. The molecule has 2 aromatic heterocycles. The summed E-state index contributed by atoms with van der Waals surface area (Å²) in [6.07, 6.45) is 3.74. The van der Waals surface area contributed by atoms with E-state index in [4.69, 9.17) is 0 Å². The SMILES string of the molecule is Cc1ccncc1CNCc1cc(Br)c(Br)s1. The maximum Gasteiger partial charge on any atom is 0.0843 e. The quantitative estimate of drug-likeness (QED) is 0.863. The van der Waals surface area contributed by atoms with Crippen molar-refractivity contribution in [2.24, 2.45) is 0 Å². The van der Waals surface area contributed by atoms with Gasteiger partial charge in [0.15, 0.2) is 0 Å². The van der Waals surface area contributed by atoms with E-state index in [1.165, 1.54) is 16.0 Å². The standard InChI is InChI=1S/C12H12Br2N2S/c1-8-2-3-15-5-9(8)6-16-7-10-4-11(13)12(14)17-10/h2-5,16H,6-7H2,1H3. The van der Waals surface area contributed by atoms with Gasteiger partial charge in [0.25, 0.3) is 0 Å². The molecule has 0 bridgehead atoms. The lowest BCUT2D eigenvalue weighted by Gasteiger charge is -2.05. The van der Waals surface area contributed by atoms with Crippen LogP contribution in [0.15, 0.2) is 32.8 Å². The Labute approximate surface area is 122 Å². The Morgan fingerprint density at radius 3 is 2.82 bits per heavy atom. The molecule has 0 saturated carbocycles. The Morgan fingerprint density at radius 2 is 2.18 bits per heavy atom. The van der Waals surface area contributed by atoms with Crippen LogP contribution in [-0.4, -0.2) is 4.98 Å². The van der Waals surface area contributed by atoms with Crippen LogP contribution in [0, 0.1) is 6.92 Å². The normalized spacial score (nSPS) is 10.8. The molecule has 0 spiro atoms. The zero-order valence-electron chi connectivity index (χ0n) is 9.34. The summed E-state index contributed by atoms with van der Waals surface area (Å²) in [7, 11) is 0. The van der Waals surface area contributed by atoms with Crippen LogP contribution in [0.5, 0.6) is 0 Å². The van der Waals surface area contributed by atoms with Crippen LogP contribution in [0.25, 0.3) is 0 Å². The molecule has 0 aromatic carbocycles.